The van der Waals surface area contributed by atoms with Crippen molar-refractivity contribution in [2.75, 3.05) is 6.54 Å². The molecule has 0 unspecified atom stereocenters. The first-order valence-electron chi connectivity index (χ1n) is 8.66. The highest BCUT2D eigenvalue weighted by Crippen LogP contribution is 2.14. The zero-order valence-electron chi connectivity index (χ0n) is 14.3. The van der Waals surface area contributed by atoms with Crippen molar-refractivity contribution in [1.29, 1.82) is 0 Å². The molecular formula is C18H22N6O. The van der Waals surface area contributed by atoms with Crippen LogP contribution < -0.4 is 10.6 Å². The summed E-state index contributed by atoms with van der Waals surface area (Å²) in [6.45, 7) is 5.18. The molecule has 3 heterocycles. The van der Waals surface area contributed by atoms with Crippen LogP contribution in [-0.2, 0) is 30.8 Å². The fourth-order valence-corrected chi connectivity index (χ4v) is 3.24. The van der Waals surface area contributed by atoms with Crippen LogP contribution in [0.3, 0.4) is 0 Å². The number of H-pyrrole nitrogens is 1. The van der Waals surface area contributed by atoms with Crippen molar-refractivity contribution in [3.8, 4) is 0 Å². The third-order valence-corrected chi connectivity index (χ3v) is 4.44. The third kappa shape index (κ3) is 3.56. The largest absolute Gasteiger partial charge is 0.350 e. The first kappa shape index (κ1) is 15.8. The number of nitrogens with zero attached hydrogens (tertiary/aromatic N) is 3. The van der Waals surface area contributed by atoms with Gasteiger partial charge in [-0.3, -0.25) is 9.48 Å². The minimum absolute atomic E-state index is 0.00286. The number of imidazole rings is 1. The van der Waals surface area contributed by atoms with Gasteiger partial charge in [-0.15, -0.1) is 0 Å². The topological polar surface area (TPSA) is 87.6 Å². The summed E-state index contributed by atoms with van der Waals surface area (Å²) in [5, 5.41) is 10.9. The van der Waals surface area contributed by atoms with Crippen LogP contribution in [0.4, 0.5) is 0 Å². The van der Waals surface area contributed by atoms with E-state index in [1.54, 1.807) is 0 Å². The van der Waals surface area contributed by atoms with E-state index in [0.29, 0.717) is 13.0 Å². The maximum atomic E-state index is 12.2. The average molecular weight is 338 g/mol. The van der Waals surface area contributed by atoms with Crippen LogP contribution in [0.15, 0.2) is 24.3 Å². The van der Waals surface area contributed by atoms with Gasteiger partial charge in [-0.2, -0.15) is 5.10 Å². The molecule has 0 radical (unpaired) electrons. The van der Waals surface area contributed by atoms with Crippen molar-refractivity contribution >= 4 is 16.9 Å². The first-order valence-corrected chi connectivity index (χ1v) is 8.66. The fraction of sp³-hybridized carbons (Fsp3) is 0.389. The van der Waals surface area contributed by atoms with E-state index in [0.717, 1.165) is 54.2 Å². The molecule has 0 aliphatic carbocycles. The summed E-state index contributed by atoms with van der Waals surface area (Å²) in [6.07, 6.45) is 1.43. The molecule has 0 bridgehead atoms. The van der Waals surface area contributed by atoms with E-state index >= 15 is 0 Å². The molecule has 1 aromatic carbocycles. The van der Waals surface area contributed by atoms with Crippen molar-refractivity contribution in [3.05, 3.63) is 47.0 Å². The number of hydrogen-bond donors (Lipinski definition) is 3. The van der Waals surface area contributed by atoms with Gasteiger partial charge in [0, 0.05) is 13.1 Å². The van der Waals surface area contributed by atoms with Crippen molar-refractivity contribution in [2.45, 2.75) is 39.4 Å². The number of fused-ring (bicyclic) bond motifs is 2. The second kappa shape index (κ2) is 6.68. The Hall–Kier alpha value is -2.67. The minimum Gasteiger partial charge on any atom is -0.350 e. The molecule has 0 saturated carbocycles. The molecule has 2 aromatic heterocycles. The number of carbonyl (C=O) groups excluding carboxylic acids is 1. The predicted octanol–water partition coefficient (Wildman–Crippen LogP) is 1.42. The summed E-state index contributed by atoms with van der Waals surface area (Å²) in [5.41, 5.74) is 4.95. The normalized spacial score (nSPS) is 14.3. The Morgan fingerprint density at radius 3 is 3.20 bits per heavy atom. The van der Waals surface area contributed by atoms with Gasteiger partial charge in [0.1, 0.15) is 5.82 Å². The Labute approximate surface area is 145 Å². The van der Waals surface area contributed by atoms with Crippen LogP contribution in [0, 0.1) is 6.92 Å². The van der Waals surface area contributed by atoms with Crippen LogP contribution in [0.25, 0.3) is 11.0 Å². The Kier molecular flexibility index (Phi) is 4.23. The molecule has 130 valence electrons. The highest BCUT2D eigenvalue weighted by Gasteiger charge is 2.12. The van der Waals surface area contributed by atoms with Crippen LogP contribution >= 0.6 is 0 Å². The zero-order valence-corrected chi connectivity index (χ0v) is 14.3. The SMILES string of the molecule is Cc1nc2ccc(CC(=O)NCc3cc4n(n3)CCCNC4)cc2[nH]1. The van der Waals surface area contributed by atoms with E-state index in [9.17, 15) is 4.79 Å². The molecule has 4 rings (SSSR count). The summed E-state index contributed by atoms with van der Waals surface area (Å²) in [5.74, 6) is 0.877. The lowest BCUT2D eigenvalue weighted by Crippen LogP contribution is -2.24. The molecule has 3 N–H and O–H groups in total. The number of nitrogens with one attached hydrogen (secondary N) is 3. The number of rotatable bonds is 4. The molecule has 25 heavy (non-hydrogen) atoms. The molecule has 7 heteroatoms. The maximum absolute atomic E-state index is 12.2. The summed E-state index contributed by atoms with van der Waals surface area (Å²) in [7, 11) is 0. The standard InChI is InChI=1S/C18H22N6O/c1-12-21-16-4-3-13(7-17(16)22-12)8-18(25)20-10-14-9-15-11-19-5-2-6-24(15)23-14/h3-4,7,9,19H,2,5-6,8,10-11H2,1H3,(H,20,25)(H,21,22). The van der Waals surface area contributed by atoms with Crippen molar-refractivity contribution < 1.29 is 4.79 Å². The number of aryl methyl sites for hydroxylation is 2. The predicted molar refractivity (Wildman–Crippen MR) is 94.9 cm³/mol. The Morgan fingerprint density at radius 1 is 1.36 bits per heavy atom. The molecule has 0 atom stereocenters. The quantitative estimate of drug-likeness (QED) is 0.671. The smallest absolute Gasteiger partial charge is 0.224 e. The number of aromatic amines is 1. The molecule has 1 aliphatic rings. The van der Waals surface area contributed by atoms with E-state index in [-0.39, 0.29) is 5.91 Å². The molecule has 0 spiro atoms. The monoisotopic (exact) mass is 338 g/mol. The second-order valence-corrected chi connectivity index (χ2v) is 6.51. The number of amides is 1. The average Bonchev–Trinajstić information content (AvgIpc) is 3.08. The number of aromatic nitrogens is 4. The van der Waals surface area contributed by atoms with Crippen LogP contribution in [-0.4, -0.2) is 32.2 Å². The van der Waals surface area contributed by atoms with E-state index in [1.165, 1.54) is 5.69 Å². The summed E-state index contributed by atoms with van der Waals surface area (Å²) < 4.78 is 2.04. The maximum Gasteiger partial charge on any atom is 0.224 e. The highest BCUT2D eigenvalue weighted by atomic mass is 16.1. The van der Waals surface area contributed by atoms with E-state index in [2.05, 4.69) is 31.8 Å². The van der Waals surface area contributed by atoms with Gasteiger partial charge in [-0.05, 0) is 43.7 Å². The third-order valence-electron chi connectivity index (χ3n) is 4.44. The van der Waals surface area contributed by atoms with Crippen molar-refractivity contribution in [1.82, 2.24) is 30.4 Å². The Balaban J connectivity index is 1.37. The molecular weight excluding hydrogens is 316 g/mol. The van der Waals surface area contributed by atoms with Gasteiger partial charge in [-0.1, -0.05) is 6.07 Å². The number of carbonyl (C=O) groups is 1. The van der Waals surface area contributed by atoms with Crippen molar-refractivity contribution in [2.24, 2.45) is 0 Å². The van der Waals surface area contributed by atoms with E-state index in [1.807, 2.05) is 29.8 Å². The van der Waals surface area contributed by atoms with Crippen LogP contribution in [0.2, 0.25) is 0 Å². The molecule has 1 amide bonds. The number of hydrogen-bond acceptors (Lipinski definition) is 4. The molecule has 3 aromatic rings. The first-order chi connectivity index (χ1) is 12.2. The van der Waals surface area contributed by atoms with Crippen LogP contribution in [0.5, 0.6) is 0 Å². The molecule has 0 saturated heterocycles. The Morgan fingerprint density at radius 2 is 2.28 bits per heavy atom. The van der Waals surface area contributed by atoms with E-state index in [4.69, 9.17) is 0 Å². The summed E-state index contributed by atoms with van der Waals surface area (Å²) >= 11 is 0. The Bertz CT molecular complexity index is 886. The van der Waals surface area contributed by atoms with Gasteiger partial charge in [0.2, 0.25) is 5.91 Å². The van der Waals surface area contributed by atoms with Gasteiger partial charge < -0.3 is 15.6 Å². The van der Waals surface area contributed by atoms with Crippen LogP contribution in [0.1, 0.15) is 29.2 Å². The van der Waals surface area contributed by atoms with Gasteiger partial charge in [-0.25, -0.2) is 4.98 Å². The lowest BCUT2D eigenvalue weighted by molar-refractivity contribution is -0.120. The zero-order chi connectivity index (χ0) is 17.2. The summed E-state index contributed by atoms with van der Waals surface area (Å²) in [4.78, 5) is 19.8. The van der Waals surface area contributed by atoms with Gasteiger partial charge >= 0.3 is 0 Å². The molecule has 0 fully saturated rings. The molecule has 1 aliphatic heterocycles. The minimum atomic E-state index is -0.00286. The molecule has 7 nitrogen and oxygen atoms in total. The van der Waals surface area contributed by atoms with Crippen molar-refractivity contribution in [3.63, 3.8) is 0 Å². The van der Waals surface area contributed by atoms with Gasteiger partial charge in [0.05, 0.1) is 35.4 Å². The highest BCUT2D eigenvalue weighted by molar-refractivity contribution is 5.81. The van der Waals surface area contributed by atoms with E-state index < -0.39 is 0 Å². The number of benzene rings is 1. The second-order valence-electron chi connectivity index (χ2n) is 6.51. The lowest BCUT2D eigenvalue weighted by atomic mass is 10.1. The van der Waals surface area contributed by atoms with Gasteiger partial charge in [0.15, 0.2) is 0 Å². The fourth-order valence-electron chi connectivity index (χ4n) is 3.24. The van der Waals surface area contributed by atoms with Gasteiger partial charge in [0.25, 0.3) is 0 Å². The summed E-state index contributed by atoms with van der Waals surface area (Å²) in [6, 6.07) is 7.95. The lowest BCUT2D eigenvalue weighted by Gasteiger charge is -2.04.